The Bertz CT molecular complexity index is 465. The molecule has 0 atom stereocenters. The van der Waals surface area contributed by atoms with E-state index in [2.05, 4.69) is 15.9 Å². The third kappa shape index (κ3) is 2.79. The summed E-state index contributed by atoms with van der Waals surface area (Å²) in [5, 5.41) is 0. The van der Waals surface area contributed by atoms with E-state index >= 15 is 0 Å². The summed E-state index contributed by atoms with van der Waals surface area (Å²) in [6.07, 6.45) is 0. The van der Waals surface area contributed by atoms with Crippen molar-refractivity contribution in [3.05, 3.63) is 46.8 Å². The standard InChI is InChI=1S/C12H11BrO3/c1-14-9-3-2-4-10(7-9)15-8-11-5-6-12(13)16-11/h2-7H,8H2,1H3. The third-order valence-corrected chi connectivity index (χ3v) is 2.48. The van der Waals surface area contributed by atoms with E-state index in [0.717, 1.165) is 17.3 Å². The summed E-state index contributed by atoms with van der Waals surface area (Å²) >= 11 is 3.24. The average Bonchev–Trinajstić information content (AvgIpc) is 2.73. The lowest BCUT2D eigenvalue weighted by Crippen LogP contribution is -1.93. The Morgan fingerprint density at radius 1 is 1.19 bits per heavy atom. The highest BCUT2D eigenvalue weighted by molar-refractivity contribution is 9.10. The van der Waals surface area contributed by atoms with Gasteiger partial charge in [0.05, 0.1) is 7.11 Å². The van der Waals surface area contributed by atoms with E-state index in [9.17, 15) is 0 Å². The number of furan rings is 1. The molecule has 0 saturated heterocycles. The van der Waals surface area contributed by atoms with Crippen LogP contribution < -0.4 is 9.47 Å². The monoisotopic (exact) mass is 282 g/mol. The lowest BCUT2D eigenvalue weighted by Gasteiger charge is -2.05. The highest BCUT2D eigenvalue weighted by Gasteiger charge is 2.01. The maximum Gasteiger partial charge on any atom is 0.169 e. The summed E-state index contributed by atoms with van der Waals surface area (Å²) < 4.78 is 16.7. The molecule has 0 aliphatic rings. The van der Waals surface area contributed by atoms with Crippen molar-refractivity contribution in [2.24, 2.45) is 0 Å². The van der Waals surface area contributed by atoms with E-state index < -0.39 is 0 Å². The Labute approximate surface area is 102 Å². The van der Waals surface area contributed by atoms with Gasteiger partial charge in [-0.2, -0.15) is 0 Å². The Morgan fingerprint density at radius 2 is 2.00 bits per heavy atom. The first-order valence-corrected chi connectivity index (χ1v) is 5.58. The molecule has 1 aromatic carbocycles. The van der Waals surface area contributed by atoms with Crippen molar-refractivity contribution in [1.82, 2.24) is 0 Å². The van der Waals surface area contributed by atoms with Crippen LogP contribution in [0.25, 0.3) is 0 Å². The molecule has 1 heterocycles. The molecule has 0 amide bonds. The predicted octanol–water partition coefficient (Wildman–Crippen LogP) is 3.63. The van der Waals surface area contributed by atoms with Gasteiger partial charge in [-0.3, -0.25) is 0 Å². The third-order valence-electron chi connectivity index (χ3n) is 2.05. The summed E-state index contributed by atoms with van der Waals surface area (Å²) in [5.41, 5.74) is 0. The molecule has 4 heteroatoms. The van der Waals surface area contributed by atoms with Crippen molar-refractivity contribution in [2.75, 3.05) is 7.11 Å². The van der Waals surface area contributed by atoms with E-state index in [1.54, 1.807) is 7.11 Å². The van der Waals surface area contributed by atoms with Gasteiger partial charge >= 0.3 is 0 Å². The van der Waals surface area contributed by atoms with Crippen LogP contribution in [0.1, 0.15) is 5.76 Å². The number of halogens is 1. The smallest absolute Gasteiger partial charge is 0.169 e. The minimum Gasteiger partial charge on any atom is -0.497 e. The molecule has 2 aromatic rings. The first kappa shape index (κ1) is 11.1. The van der Waals surface area contributed by atoms with Crippen LogP contribution in [0.15, 0.2) is 45.5 Å². The number of ether oxygens (including phenoxy) is 2. The minimum absolute atomic E-state index is 0.402. The van der Waals surface area contributed by atoms with Crippen molar-refractivity contribution in [3.8, 4) is 11.5 Å². The van der Waals surface area contributed by atoms with Crippen LogP contribution >= 0.6 is 15.9 Å². The zero-order chi connectivity index (χ0) is 11.4. The highest BCUT2D eigenvalue weighted by atomic mass is 79.9. The molecular formula is C12H11BrO3. The van der Waals surface area contributed by atoms with Crippen molar-refractivity contribution in [3.63, 3.8) is 0 Å². The average molecular weight is 283 g/mol. The second-order valence-corrected chi connectivity index (χ2v) is 3.96. The molecule has 0 fully saturated rings. The molecule has 84 valence electrons. The van der Waals surface area contributed by atoms with Crippen molar-refractivity contribution < 1.29 is 13.9 Å². The molecule has 1 aromatic heterocycles. The largest absolute Gasteiger partial charge is 0.497 e. The normalized spacial score (nSPS) is 10.1. The van der Waals surface area contributed by atoms with Crippen LogP contribution in [0.3, 0.4) is 0 Å². The first-order chi connectivity index (χ1) is 7.78. The zero-order valence-corrected chi connectivity index (χ0v) is 10.4. The van der Waals surface area contributed by atoms with Gasteiger partial charge in [0.25, 0.3) is 0 Å². The quantitative estimate of drug-likeness (QED) is 0.858. The summed E-state index contributed by atoms with van der Waals surface area (Å²) in [5.74, 6) is 2.31. The van der Waals surface area contributed by atoms with Gasteiger partial charge in [0.1, 0.15) is 23.9 Å². The van der Waals surface area contributed by atoms with Gasteiger partial charge in [-0.15, -0.1) is 0 Å². The van der Waals surface area contributed by atoms with Gasteiger partial charge in [0.15, 0.2) is 4.67 Å². The van der Waals surface area contributed by atoms with Gasteiger partial charge in [-0.25, -0.2) is 0 Å². The molecule has 0 N–H and O–H groups in total. The molecule has 3 nitrogen and oxygen atoms in total. The number of rotatable bonds is 4. The van der Waals surface area contributed by atoms with Gasteiger partial charge in [-0.05, 0) is 40.2 Å². The fraction of sp³-hybridized carbons (Fsp3) is 0.167. The summed E-state index contributed by atoms with van der Waals surface area (Å²) in [6.45, 7) is 0.402. The molecule has 0 unspecified atom stereocenters. The van der Waals surface area contributed by atoms with Crippen molar-refractivity contribution in [1.29, 1.82) is 0 Å². The second-order valence-electron chi connectivity index (χ2n) is 3.17. The summed E-state index contributed by atoms with van der Waals surface area (Å²) in [7, 11) is 1.63. The lowest BCUT2D eigenvalue weighted by molar-refractivity contribution is 0.266. The number of hydrogen-bond donors (Lipinski definition) is 0. The van der Waals surface area contributed by atoms with Crippen LogP contribution in [0.2, 0.25) is 0 Å². The fourth-order valence-corrected chi connectivity index (χ4v) is 1.61. The van der Waals surface area contributed by atoms with E-state index in [-0.39, 0.29) is 0 Å². The van der Waals surface area contributed by atoms with Crippen LogP contribution in [-0.4, -0.2) is 7.11 Å². The molecule has 0 aliphatic carbocycles. The lowest BCUT2D eigenvalue weighted by atomic mass is 10.3. The molecule has 16 heavy (non-hydrogen) atoms. The van der Waals surface area contributed by atoms with E-state index in [1.165, 1.54) is 0 Å². The SMILES string of the molecule is COc1cccc(OCc2ccc(Br)o2)c1. The zero-order valence-electron chi connectivity index (χ0n) is 8.77. The predicted molar refractivity (Wildman–Crippen MR) is 63.7 cm³/mol. The van der Waals surface area contributed by atoms with Gasteiger partial charge in [0, 0.05) is 6.07 Å². The van der Waals surface area contributed by atoms with Crippen molar-refractivity contribution in [2.45, 2.75) is 6.61 Å². The fourth-order valence-electron chi connectivity index (χ4n) is 1.27. The summed E-state index contributed by atoms with van der Waals surface area (Å²) in [6, 6.07) is 11.2. The molecule has 0 aliphatic heterocycles. The van der Waals surface area contributed by atoms with Crippen LogP contribution in [0, 0.1) is 0 Å². The van der Waals surface area contributed by atoms with Crippen LogP contribution in [0.4, 0.5) is 0 Å². The number of methoxy groups -OCH3 is 1. The maximum atomic E-state index is 5.55. The van der Waals surface area contributed by atoms with E-state index in [0.29, 0.717) is 11.3 Å². The second kappa shape index (κ2) is 5.07. The molecule has 0 spiro atoms. The molecule has 0 radical (unpaired) electrons. The topological polar surface area (TPSA) is 31.6 Å². The maximum absolute atomic E-state index is 5.55. The van der Waals surface area contributed by atoms with Gasteiger partial charge < -0.3 is 13.9 Å². The van der Waals surface area contributed by atoms with Crippen molar-refractivity contribution >= 4 is 15.9 Å². The molecular weight excluding hydrogens is 272 g/mol. The van der Waals surface area contributed by atoms with Crippen LogP contribution in [0.5, 0.6) is 11.5 Å². The Kier molecular flexibility index (Phi) is 3.51. The molecule has 0 bridgehead atoms. The minimum atomic E-state index is 0.402. The highest BCUT2D eigenvalue weighted by Crippen LogP contribution is 2.21. The van der Waals surface area contributed by atoms with Gasteiger partial charge in [0.2, 0.25) is 0 Å². The molecule has 2 rings (SSSR count). The Balaban J connectivity index is 1.99. The number of benzene rings is 1. The van der Waals surface area contributed by atoms with E-state index in [4.69, 9.17) is 13.9 Å². The van der Waals surface area contributed by atoms with Crippen LogP contribution in [-0.2, 0) is 6.61 Å². The first-order valence-electron chi connectivity index (χ1n) is 4.79. The van der Waals surface area contributed by atoms with Gasteiger partial charge in [-0.1, -0.05) is 6.07 Å². The summed E-state index contributed by atoms with van der Waals surface area (Å²) in [4.78, 5) is 0. The Hall–Kier alpha value is -1.42. The Morgan fingerprint density at radius 3 is 2.69 bits per heavy atom. The molecule has 0 saturated carbocycles. The van der Waals surface area contributed by atoms with E-state index in [1.807, 2.05) is 36.4 Å². The number of hydrogen-bond acceptors (Lipinski definition) is 3.